The van der Waals surface area contributed by atoms with Gasteiger partial charge in [-0.15, -0.1) is 0 Å². The first-order chi connectivity index (χ1) is 13.3. The molecule has 1 aliphatic heterocycles. The second-order valence-electron chi connectivity index (χ2n) is 6.73. The number of hydrogen-bond acceptors (Lipinski definition) is 3. The minimum atomic E-state index is -1.35. The van der Waals surface area contributed by atoms with E-state index in [1.54, 1.807) is 13.8 Å². The molecular formula is C20H18F2N4O2. The summed E-state index contributed by atoms with van der Waals surface area (Å²) in [4.78, 5) is 28.2. The molecule has 1 aliphatic rings. The minimum absolute atomic E-state index is 0.00671. The van der Waals surface area contributed by atoms with Crippen molar-refractivity contribution in [1.82, 2.24) is 9.88 Å². The highest BCUT2D eigenvalue weighted by molar-refractivity contribution is 6.08. The Bertz CT molecular complexity index is 1100. The van der Waals surface area contributed by atoms with Gasteiger partial charge < -0.3 is 15.6 Å². The predicted molar refractivity (Wildman–Crippen MR) is 98.2 cm³/mol. The van der Waals surface area contributed by atoms with Gasteiger partial charge in [-0.1, -0.05) is 5.92 Å². The number of H-pyrrole nitrogens is 1. The van der Waals surface area contributed by atoms with Gasteiger partial charge in [0.1, 0.15) is 11.6 Å². The standard InChI is InChI=1S/C20H18F2N4O2/c1-3-5-13(27)26-7-4-6-11(9-26)14-15-12(8-23)10(2)25-19(15)16(20(24)28)18(22)17(14)21/h11,25H,4,6-7,9H2,1-2H3,(H2,24,28). The molecule has 2 aromatic rings. The number of carbonyl (C=O) groups is 2. The normalized spacial score (nSPS) is 16.4. The van der Waals surface area contributed by atoms with Crippen molar-refractivity contribution < 1.29 is 18.4 Å². The summed E-state index contributed by atoms with van der Waals surface area (Å²) in [6, 6.07) is 1.99. The number of halogens is 2. The summed E-state index contributed by atoms with van der Waals surface area (Å²) in [5, 5.41) is 9.69. The van der Waals surface area contributed by atoms with Gasteiger partial charge in [0.15, 0.2) is 11.6 Å². The van der Waals surface area contributed by atoms with Gasteiger partial charge in [0, 0.05) is 35.7 Å². The SMILES string of the molecule is CC#CC(=O)N1CCCC(c2c(F)c(F)c(C(N)=O)c3[nH]c(C)c(C#N)c23)C1. The average Bonchev–Trinajstić information content (AvgIpc) is 2.97. The fourth-order valence-corrected chi connectivity index (χ4v) is 3.87. The first-order valence-electron chi connectivity index (χ1n) is 8.76. The number of aryl methyl sites for hydroxylation is 1. The fraction of sp³-hybridized carbons (Fsp3) is 0.350. The molecule has 1 aromatic heterocycles. The van der Waals surface area contributed by atoms with Gasteiger partial charge in [0.25, 0.3) is 11.8 Å². The molecule has 2 heterocycles. The van der Waals surface area contributed by atoms with E-state index in [0.717, 1.165) is 0 Å². The molecule has 0 spiro atoms. The van der Waals surface area contributed by atoms with Crippen molar-refractivity contribution in [1.29, 1.82) is 5.26 Å². The maximum Gasteiger partial charge on any atom is 0.298 e. The van der Waals surface area contributed by atoms with E-state index in [9.17, 15) is 19.2 Å². The summed E-state index contributed by atoms with van der Waals surface area (Å²) in [6.45, 7) is 3.73. The summed E-state index contributed by atoms with van der Waals surface area (Å²) in [6.07, 6.45) is 1.08. The number of aromatic nitrogens is 1. The Morgan fingerprint density at radius 1 is 1.32 bits per heavy atom. The molecule has 1 fully saturated rings. The number of aromatic amines is 1. The molecule has 3 N–H and O–H groups in total. The fourth-order valence-electron chi connectivity index (χ4n) is 3.87. The molecule has 0 saturated carbocycles. The lowest BCUT2D eigenvalue weighted by Crippen LogP contribution is -2.38. The number of nitrogens with two attached hydrogens (primary N) is 1. The molecular weight excluding hydrogens is 366 g/mol. The monoisotopic (exact) mass is 384 g/mol. The van der Waals surface area contributed by atoms with E-state index < -0.39 is 29.0 Å². The van der Waals surface area contributed by atoms with E-state index in [0.29, 0.717) is 25.1 Å². The van der Waals surface area contributed by atoms with Crippen molar-refractivity contribution in [2.24, 2.45) is 5.73 Å². The maximum absolute atomic E-state index is 15.1. The number of amides is 2. The Balaban J connectivity index is 2.26. The van der Waals surface area contributed by atoms with Crippen LogP contribution in [0.1, 0.15) is 52.9 Å². The van der Waals surface area contributed by atoms with Crippen LogP contribution in [0.15, 0.2) is 0 Å². The van der Waals surface area contributed by atoms with Crippen molar-refractivity contribution in [2.45, 2.75) is 32.6 Å². The van der Waals surface area contributed by atoms with Crippen LogP contribution in [-0.2, 0) is 4.79 Å². The summed E-state index contributed by atoms with van der Waals surface area (Å²) in [7, 11) is 0. The first kappa shape index (κ1) is 19.4. The number of fused-ring (bicyclic) bond motifs is 1. The van der Waals surface area contributed by atoms with Crippen molar-refractivity contribution in [3.05, 3.63) is 34.0 Å². The Kier molecular flexibility index (Phi) is 5.06. The molecule has 1 saturated heterocycles. The van der Waals surface area contributed by atoms with Crippen LogP contribution in [0.3, 0.4) is 0 Å². The topological polar surface area (TPSA) is 103 Å². The van der Waals surface area contributed by atoms with Gasteiger partial charge >= 0.3 is 0 Å². The molecule has 8 heteroatoms. The predicted octanol–water partition coefficient (Wildman–Crippen LogP) is 2.45. The van der Waals surface area contributed by atoms with E-state index in [4.69, 9.17) is 5.73 Å². The van der Waals surface area contributed by atoms with E-state index in [-0.39, 0.29) is 34.5 Å². The smallest absolute Gasteiger partial charge is 0.298 e. The molecule has 1 aromatic carbocycles. The van der Waals surface area contributed by atoms with Crippen LogP contribution in [0.5, 0.6) is 0 Å². The molecule has 1 atom stereocenters. The van der Waals surface area contributed by atoms with E-state index in [1.807, 2.05) is 6.07 Å². The molecule has 144 valence electrons. The van der Waals surface area contributed by atoms with E-state index in [1.165, 1.54) is 4.90 Å². The Labute approximate surface area is 160 Å². The second kappa shape index (κ2) is 7.32. The lowest BCUT2D eigenvalue weighted by atomic mass is 9.85. The molecule has 0 aliphatic carbocycles. The zero-order valence-corrected chi connectivity index (χ0v) is 15.4. The zero-order valence-electron chi connectivity index (χ0n) is 15.4. The van der Waals surface area contributed by atoms with E-state index in [2.05, 4.69) is 16.8 Å². The van der Waals surface area contributed by atoms with Crippen molar-refractivity contribution in [2.75, 3.05) is 13.1 Å². The van der Waals surface area contributed by atoms with Gasteiger partial charge in [-0.2, -0.15) is 5.26 Å². The number of carbonyl (C=O) groups excluding carboxylic acids is 2. The maximum atomic E-state index is 15.1. The number of nitrogens with one attached hydrogen (secondary N) is 1. The average molecular weight is 384 g/mol. The number of rotatable bonds is 2. The van der Waals surface area contributed by atoms with Gasteiger partial charge in [0.05, 0.1) is 11.1 Å². The van der Waals surface area contributed by atoms with Crippen LogP contribution in [0.2, 0.25) is 0 Å². The van der Waals surface area contributed by atoms with Gasteiger partial charge in [0.2, 0.25) is 0 Å². The largest absolute Gasteiger partial charge is 0.365 e. The first-order valence-corrected chi connectivity index (χ1v) is 8.76. The van der Waals surface area contributed by atoms with Crippen LogP contribution in [0.25, 0.3) is 10.9 Å². The number of nitriles is 1. The highest BCUT2D eigenvalue weighted by Crippen LogP contribution is 2.39. The number of hydrogen-bond donors (Lipinski definition) is 2. The van der Waals surface area contributed by atoms with Crippen LogP contribution in [0.4, 0.5) is 8.78 Å². The molecule has 0 radical (unpaired) electrons. The summed E-state index contributed by atoms with van der Waals surface area (Å²) < 4.78 is 29.8. The molecule has 2 amide bonds. The highest BCUT2D eigenvalue weighted by atomic mass is 19.2. The highest BCUT2D eigenvalue weighted by Gasteiger charge is 2.33. The molecule has 1 unspecified atom stereocenters. The minimum Gasteiger partial charge on any atom is -0.365 e. The lowest BCUT2D eigenvalue weighted by Gasteiger charge is -2.32. The van der Waals surface area contributed by atoms with Gasteiger partial charge in [-0.05, 0) is 32.6 Å². The Hall–Kier alpha value is -3.39. The third-order valence-electron chi connectivity index (χ3n) is 5.06. The second-order valence-corrected chi connectivity index (χ2v) is 6.73. The number of likely N-dealkylation sites (tertiary alicyclic amines) is 1. The molecule has 3 rings (SSSR count). The zero-order chi connectivity index (χ0) is 20.6. The summed E-state index contributed by atoms with van der Waals surface area (Å²) >= 11 is 0. The van der Waals surface area contributed by atoms with Crippen molar-refractivity contribution in [3.8, 4) is 17.9 Å². The van der Waals surface area contributed by atoms with E-state index >= 15 is 4.39 Å². The molecule has 6 nitrogen and oxygen atoms in total. The van der Waals surface area contributed by atoms with Gasteiger partial charge in [-0.3, -0.25) is 9.59 Å². The number of nitrogens with zero attached hydrogens (tertiary/aromatic N) is 2. The number of primary amides is 1. The van der Waals surface area contributed by atoms with Crippen molar-refractivity contribution >= 4 is 22.7 Å². The van der Waals surface area contributed by atoms with Gasteiger partial charge in [-0.25, -0.2) is 8.78 Å². The third kappa shape index (κ3) is 2.97. The van der Waals surface area contributed by atoms with Crippen LogP contribution >= 0.6 is 0 Å². The molecule has 0 bridgehead atoms. The summed E-state index contributed by atoms with van der Waals surface area (Å²) in [5.74, 6) is 0.370. The van der Waals surface area contributed by atoms with Crippen LogP contribution in [-0.4, -0.2) is 34.8 Å². The number of piperidine rings is 1. The third-order valence-corrected chi connectivity index (χ3v) is 5.06. The van der Waals surface area contributed by atoms with Crippen molar-refractivity contribution in [3.63, 3.8) is 0 Å². The van der Waals surface area contributed by atoms with Crippen LogP contribution in [0, 0.1) is 41.7 Å². The molecule has 28 heavy (non-hydrogen) atoms. The Morgan fingerprint density at radius 3 is 2.64 bits per heavy atom. The van der Waals surface area contributed by atoms with Crippen LogP contribution < -0.4 is 5.73 Å². The lowest BCUT2D eigenvalue weighted by molar-refractivity contribution is -0.126. The Morgan fingerprint density at radius 2 is 2.04 bits per heavy atom. The quantitative estimate of drug-likeness (QED) is 0.778. The number of benzene rings is 1. The summed E-state index contributed by atoms with van der Waals surface area (Å²) in [5.41, 5.74) is 5.15.